The summed E-state index contributed by atoms with van der Waals surface area (Å²) in [5, 5.41) is 9.89. The van der Waals surface area contributed by atoms with E-state index in [0.29, 0.717) is 23.8 Å². The van der Waals surface area contributed by atoms with Crippen molar-refractivity contribution in [1.29, 1.82) is 0 Å². The average molecular weight is 303 g/mol. The van der Waals surface area contributed by atoms with Crippen LogP contribution in [0.4, 0.5) is 0 Å². The lowest BCUT2D eigenvalue weighted by Crippen LogP contribution is -2.59. The molecule has 1 aliphatic heterocycles. The Morgan fingerprint density at radius 1 is 1.45 bits per heavy atom. The summed E-state index contributed by atoms with van der Waals surface area (Å²) in [7, 11) is 0. The molecule has 0 spiro atoms. The maximum absolute atomic E-state index is 9.89. The zero-order valence-electron chi connectivity index (χ0n) is 14.3. The van der Waals surface area contributed by atoms with Crippen molar-refractivity contribution in [2.75, 3.05) is 19.7 Å². The van der Waals surface area contributed by atoms with Crippen LogP contribution in [0.25, 0.3) is 0 Å². The van der Waals surface area contributed by atoms with Crippen LogP contribution in [0, 0.1) is 5.92 Å². The highest BCUT2D eigenvalue weighted by Gasteiger charge is 2.48. The Bertz CT molecular complexity index is 544. The van der Waals surface area contributed by atoms with Gasteiger partial charge in [-0.2, -0.15) is 0 Å². The van der Waals surface area contributed by atoms with E-state index in [1.54, 1.807) is 0 Å². The van der Waals surface area contributed by atoms with Crippen LogP contribution < -0.4 is 0 Å². The Morgan fingerprint density at radius 2 is 2.23 bits per heavy atom. The summed E-state index contributed by atoms with van der Waals surface area (Å²) in [6, 6.07) is 6.54. The molecule has 1 fully saturated rings. The Hall–Kier alpha value is -1.06. The number of ether oxygens (including phenoxy) is 1. The molecule has 1 aliphatic carbocycles. The Labute approximate surface area is 134 Å². The summed E-state index contributed by atoms with van der Waals surface area (Å²) >= 11 is 0. The molecule has 3 rings (SSSR count). The summed E-state index contributed by atoms with van der Waals surface area (Å²) in [5.74, 6) is 1.00. The number of piperidine rings is 1. The van der Waals surface area contributed by atoms with E-state index in [1.165, 1.54) is 11.1 Å². The largest absolute Gasteiger partial charge is 0.508 e. The van der Waals surface area contributed by atoms with Crippen molar-refractivity contribution in [2.45, 2.75) is 58.1 Å². The van der Waals surface area contributed by atoms with E-state index in [9.17, 15) is 5.11 Å². The van der Waals surface area contributed by atoms with Crippen molar-refractivity contribution in [3.63, 3.8) is 0 Å². The summed E-state index contributed by atoms with van der Waals surface area (Å²) in [5.41, 5.74) is 2.97. The summed E-state index contributed by atoms with van der Waals surface area (Å²) < 4.78 is 5.75. The average Bonchev–Trinajstić information content (AvgIpc) is 2.47. The molecule has 122 valence electrons. The number of nitrogens with zero attached hydrogens (tertiary/aromatic N) is 1. The third-order valence-electron chi connectivity index (χ3n) is 6.05. The fraction of sp³-hybridized carbons (Fsp3) is 0.684. The molecule has 3 heteroatoms. The van der Waals surface area contributed by atoms with Crippen LogP contribution in [0.15, 0.2) is 18.2 Å². The van der Waals surface area contributed by atoms with Crippen LogP contribution in [-0.2, 0) is 16.6 Å². The molecule has 0 unspecified atom stereocenters. The van der Waals surface area contributed by atoms with Crippen molar-refractivity contribution < 1.29 is 9.84 Å². The maximum atomic E-state index is 9.89. The highest BCUT2D eigenvalue weighted by Crippen LogP contribution is 2.49. The third kappa shape index (κ3) is 2.55. The van der Waals surface area contributed by atoms with Gasteiger partial charge in [-0.3, -0.25) is 4.90 Å². The molecule has 0 radical (unpaired) electrons. The van der Waals surface area contributed by atoms with Crippen LogP contribution in [0.2, 0.25) is 0 Å². The van der Waals surface area contributed by atoms with Gasteiger partial charge in [-0.15, -0.1) is 0 Å². The number of phenols is 1. The van der Waals surface area contributed by atoms with Crippen molar-refractivity contribution >= 4 is 0 Å². The number of rotatable bonds is 4. The highest BCUT2D eigenvalue weighted by atomic mass is 16.5. The zero-order valence-corrected chi connectivity index (χ0v) is 14.3. The molecule has 2 aliphatic rings. The Kier molecular flexibility index (Phi) is 4.21. The van der Waals surface area contributed by atoms with E-state index in [0.717, 1.165) is 32.5 Å². The molecule has 1 N–H and O–H groups in total. The number of aromatic hydroxyl groups is 1. The predicted octanol–water partition coefficient (Wildman–Crippen LogP) is 3.34. The quantitative estimate of drug-likeness (QED) is 0.926. The molecule has 0 amide bonds. The molecule has 1 saturated heterocycles. The van der Waals surface area contributed by atoms with Crippen LogP contribution >= 0.6 is 0 Å². The molecule has 22 heavy (non-hydrogen) atoms. The van der Waals surface area contributed by atoms with Gasteiger partial charge in [0.2, 0.25) is 0 Å². The number of phenolic OH excluding ortho intramolecular Hbond substituents is 1. The zero-order chi connectivity index (χ0) is 15.9. The second-order valence-electron chi connectivity index (χ2n) is 7.33. The first-order chi connectivity index (χ1) is 10.5. The number of fused-ring (bicyclic) bond motifs is 4. The molecule has 4 atom stereocenters. The molecule has 0 aromatic heterocycles. The number of hydrogen-bond donors (Lipinski definition) is 1. The van der Waals surface area contributed by atoms with Gasteiger partial charge in [-0.05, 0) is 67.8 Å². The summed E-state index contributed by atoms with van der Waals surface area (Å²) in [6.07, 6.45) is 2.54. The lowest BCUT2D eigenvalue weighted by atomic mass is 9.59. The first-order valence-electron chi connectivity index (χ1n) is 8.63. The van der Waals surface area contributed by atoms with E-state index in [2.05, 4.69) is 38.7 Å². The van der Waals surface area contributed by atoms with E-state index < -0.39 is 0 Å². The van der Waals surface area contributed by atoms with Gasteiger partial charge in [0.1, 0.15) is 5.75 Å². The minimum atomic E-state index is 0.183. The summed E-state index contributed by atoms with van der Waals surface area (Å²) in [4.78, 5) is 2.63. The van der Waals surface area contributed by atoms with Crippen LogP contribution in [0.1, 0.15) is 45.2 Å². The lowest BCUT2D eigenvalue weighted by Gasteiger charge is -2.55. The molecule has 1 aromatic rings. The smallest absolute Gasteiger partial charge is 0.115 e. The number of hydrogen-bond acceptors (Lipinski definition) is 3. The lowest BCUT2D eigenvalue weighted by molar-refractivity contribution is -0.0164. The van der Waals surface area contributed by atoms with Gasteiger partial charge >= 0.3 is 0 Å². The fourth-order valence-electron chi connectivity index (χ4n) is 4.59. The van der Waals surface area contributed by atoms with E-state index >= 15 is 0 Å². The maximum Gasteiger partial charge on any atom is 0.115 e. The van der Waals surface area contributed by atoms with Gasteiger partial charge in [-0.25, -0.2) is 0 Å². The van der Waals surface area contributed by atoms with Crippen LogP contribution in [0.5, 0.6) is 5.75 Å². The van der Waals surface area contributed by atoms with E-state index in [-0.39, 0.29) is 5.41 Å². The highest BCUT2D eigenvalue weighted by molar-refractivity contribution is 5.44. The SMILES string of the molecule is CCO[C@@H](C)CN1CC[C@]2(C)c3cc(O)ccc3C[C@@H]1[C@@H]2C. The molecule has 3 nitrogen and oxygen atoms in total. The van der Waals surface area contributed by atoms with Gasteiger partial charge in [0, 0.05) is 19.2 Å². The first kappa shape index (κ1) is 15.8. The van der Waals surface area contributed by atoms with Crippen molar-refractivity contribution in [3.8, 4) is 5.75 Å². The minimum absolute atomic E-state index is 0.183. The molecular weight excluding hydrogens is 274 g/mol. The second-order valence-corrected chi connectivity index (χ2v) is 7.33. The molecule has 2 bridgehead atoms. The van der Waals surface area contributed by atoms with Gasteiger partial charge in [0.15, 0.2) is 0 Å². The standard InChI is InChI=1S/C19H29NO2/c1-5-22-13(2)12-20-9-8-19(4)14(3)18(20)10-15-6-7-16(21)11-17(15)19/h6-7,11,13-14,18,21H,5,8-10,12H2,1-4H3/t13-,14-,18+,19-/m0/s1. The Balaban J connectivity index is 1.88. The van der Waals surface area contributed by atoms with E-state index in [4.69, 9.17) is 4.74 Å². The van der Waals surface area contributed by atoms with Crippen molar-refractivity contribution in [2.24, 2.45) is 5.92 Å². The molecule has 0 saturated carbocycles. The van der Waals surface area contributed by atoms with Crippen molar-refractivity contribution in [1.82, 2.24) is 4.90 Å². The van der Waals surface area contributed by atoms with Crippen LogP contribution in [0.3, 0.4) is 0 Å². The van der Waals surface area contributed by atoms with Gasteiger partial charge < -0.3 is 9.84 Å². The minimum Gasteiger partial charge on any atom is -0.508 e. The fourth-order valence-corrected chi connectivity index (χ4v) is 4.59. The topological polar surface area (TPSA) is 32.7 Å². The molecule has 1 aromatic carbocycles. The number of benzene rings is 1. The number of likely N-dealkylation sites (tertiary alicyclic amines) is 1. The predicted molar refractivity (Wildman–Crippen MR) is 89.4 cm³/mol. The normalized spacial score (nSPS) is 32.5. The molecular formula is C19H29NO2. The monoisotopic (exact) mass is 303 g/mol. The van der Waals surface area contributed by atoms with Crippen molar-refractivity contribution in [3.05, 3.63) is 29.3 Å². The van der Waals surface area contributed by atoms with Crippen LogP contribution in [-0.4, -0.2) is 41.8 Å². The van der Waals surface area contributed by atoms with Gasteiger partial charge in [0.25, 0.3) is 0 Å². The third-order valence-corrected chi connectivity index (χ3v) is 6.05. The molecule has 1 heterocycles. The van der Waals surface area contributed by atoms with Gasteiger partial charge in [0.05, 0.1) is 6.10 Å². The second kappa shape index (κ2) is 5.86. The summed E-state index contributed by atoms with van der Waals surface area (Å²) in [6.45, 7) is 11.9. The van der Waals surface area contributed by atoms with Gasteiger partial charge in [-0.1, -0.05) is 19.9 Å². The Morgan fingerprint density at radius 3 is 2.95 bits per heavy atom. The first-order valence-corrected chi connectivity index (χ1v) is 8.63. The van der Waals surface area contributed by atoms with E-state index in [1.807, 2.05) is 12.1 Å².